The largest absolute Gasteiger partial charge is 0.372 e. The van der Waals surface area contributed by atoms with Crippen molar-refractivity contribution >= 4 is 0 Å². The zero-order valence-corrected chi connectivity index (χ0v) is 12.2. The molecular weight excluding hydrogens is 267 g/mol. The van der Waals surface area contributed by atoms with Gasteiger partial charge in [-0.15, -0.1) is 0 Å². The fourth-order valence-corrected chi connectivity index (χ4v) is 2.27. The van der Waals surface area contributed by atoms with Crippen LogP contribution in [0.15, 0.2) is 48.8 Å². The maximum atomic E-state index is 13.8. The molecule has 2 rings (SSSR count). The second-order valence-corrected chi connectivity index (χ2v) is 5.13. The number of benzene rings is 1. The zero-order chi connectivity index (χ0) is 15.1. The third-order valence-corrected chi connectivity index (χ3v) is 3.35. The summed E-state index contributed by atoms with van der Waals surface area (Å²) in [6.45, 7) is 2.38. The van der Waals surface area contributed by atoms with Crippen LogP contribution in [-0.4, -0.2) is 17.6 Å². The normalized spacial score (nSPS) is 13.9. The van der Waals surface area contributed by atoms with Gasteiger partial charge in [-0.3, -0.25) is 4.98 Å². The molecule has 2 aromatic rings. The van der Waals surface area contributed by atoms with E-state index < -0.39 is 6.10 Å². The van der Waals surface area contributed by atoms with Crippen LogP contribution in [0.4, 0.5) is 4.39 Å². The minimum absolute atomic E-state index is 0.261. The van der Waals surface area contributed by atoms with Crippen LogP contribution in [0.5, 0.6) is 0 Å². The van der Waals surface area contributed by atoms with Crippen LogP contribution in [0.1, 0.15) is 30.6 Å². The third-order valence-electron chi connectivity index (χ3n) is 3.35. The third kappa shape index (κ3) is 4.62. The van der Waals surface area contributed by atoms with Gasteiger partial charge in [-0.05, 0) is 43.5 Å². The van der Waals surface area contributed by atoms with E-state index in [2.05, 4.69) is 4.98 Å². The van der Waals surface area contributed by atoms with E-state index in [9.17, 15) is 4.39 Å². The van der Waals surface area contributed by atoms with Gasteiger partial charge in [0.1, 0.15) is 11.9 Å². The van der Waals surface area contributed by atoms with Gasteiger partial charge >= 0.3 is 0 Å². The van der Waals surface area contributed by atoms with Crippen LogP contribution in [-0.2, 0) is 11.2 Å². The van der Waals surface area contributed by atoms with Crippen LogP contribution in [0, 0.1) is 5.82 Å². The van der Waals surface area contributed by atoms with E-state index in [4.69, 9.17) is 10.5 Å². The molecule has 0 spiro atoms. The second kappa shape index (κ2) is 7.86. The topological polar surface area (TPSA) is 48.1 Å². The standard InChI is InChI=1S/C17H21FN2O/c1-13(19)17(15-6-2-3-7-16(15)18)21-12-4-5-14-8-10-20-11-9-14/h2-3,6-11,13,17H,4-5,12,19H2,1H3. The number of pyridine rings is 1. The molecule has 2 N–H and O–H groups in total. The van der Waals surface area contributed by atoms with Crippen molar-refractivity contribution in [3.05, 3.63) is 65.7 Å². The smallest absolute Gasteiger partial charge is 0.129 e. The molecule has 0 saturated carbocycles. The van der Waals surface area contributed by atoms with Crippen molar-refractivity contribution in [1.29, 1.82) is 0 Å². The number of hydrogen-bond donors (Lipinski definition) is 1. The lowest BCUT2D eigenvalue weighted by molar-refractivity contribution is 0.0346. The average molecular weight is 288 g/mol. The van der Waals surface area contributed by atoms with Crippen molar-refractivity contribution in [1.82, 2.24) is 4.98 Å². The van der Waals surface area contributed by atoms with E-state index in [0.29, 0.717) is 12.2 Å². The molecule has 0 aliphatic carbocycles. The molecule has 4 heteroatoms. The van der Waals surface area contributed by atoms with Gasteiger partial charge in [-0.2, -0.15) is 0 Å². The molecule has 21 heavy (non-hydrogen) atoms. The molecule has 0 radical (unpaired) electrons. The van der Waals surface area contributed by atoms with E-state index in [1.807, 2.05) is 19.1 Å². The van der Waals surface area contributed by atoms with E-state index in [-0.39, 0.29) is 11.9 Å². The van der Waals surface area contributed by atoms with E-state index in [1.54, 1.807) is 30.6 Å². The molecule has 0 saturated heterocycles. The molecule has 1 aromatic carbocycles. The Labute approximate surface area is 125 Å². The number of nitrogens with two attached hydrogens (primary N) is 1. The molecule has 0 amide bonds. The average Bonchev–Trinajstić information content (AvgIpc) is 2.49. The van der Waals surface area contributed by atoms with Gasteiger partial charge in [-0.25, -0.2) is 4.39 Å². The van der Waals surface area contributed by atoms with E-state index in [0.717, 1.165) is 12.8 Å². The molecule has 0 fully saturated rings. The summed E-state index contributed by atoms with van der Waals surface area (Å²) < 4.78 is 19.6. The van der Waals surface area contributed by atoms with Crippen molar-refractivity contribution < 1.29 is 9.13 Å². The lowest BCUT2D eigenvalue weighted by Gasteiger charge is -2.22. The summed E-state index contributed by atoms with van der Waals surface area (Å²) in [6.07, 6.45) is 4.91. The van der Waals surface area contributed by atoms with E-state index in [1.165, 1.54) is 11.6 Å². The van der Waals surface area contributed by atoms with Crippen LogP contribution in [0.2, 0.25) is 0 Å². The first-order valence-corrected chi connectivity index (χ1v) is 7.19. The summed E-state index contributed by atoms with van der Waals surface area (Å²) >= 11 is 0. The minimum Gasteiger partial charge on any atom is -0.372 e. The van der Waals surface area contributed by atoms with Gasteiger partial charge in [0, 0.05) is 30.6 Å². The molecule has 112 valence electrons. The Balaban J connectivity index is 1.88. The Morgan fingerprint density at radius 1 is 1.19 bits per heavy atom. The second-order valence-electron chi connectivity index (χ2n) is 5.13. The first-order valence-electron chi connectivity index (χ1n) is 7.19. The van der Waals surface area contributed by atoms with Crippen molar-refractivity contribution in [2.45, 2.75) is 31.9 Å². The number of aromatic nitrogens is 1. The molecule has 3 nitrogen and oxygen atoms in total. The molecule has 0 aliphatic heterocycles. The van der Waals surface area contributed by atoms with Gasteiger partial charge in [0.15, 0.2) is 0 Å². The maximum absolute atomic E-state index is 13.8. The minimum atomic E-state index is -0.413. The summed E-state index contributed by atoms with van der Waals surface area (Å²) in [5, 5.41) is 0. The number of aryl methyl sites for hydroxylation is 1. The first-order chi connectivity index (χ1) is 10.2. The van der Waals surface area contributed by atoms with Gasteiger partial charge < -0.3 is 10.5 Å². The highest BCUT2D eigenvalue weighted by atomic mass is 19.1. The number of hydrogen-bond acceptors (Lipinski definition) is 3. The predicted molar refractivity (Wildman–Crippen MR) is 81.3 cm³/mol. The van der Waals surface area contributed by atoms with Crippen molar-refractivity contribution in [3.8, 4) is 0 Å². The van der Waals surface area contributed by atoms with Crippen LogP contribution >= 0.6 is 0 Å². The summed E-state index contributed by atoms with van der Waals surface area (Å²) in [4.78, 5) is 3.98. The molecule has 1 heterocycles. The van der Waals surface area contributed by atoms with Gasteiger partial charge in [0.05, 0.1) is 0 Å². The number of rotatable bonds is 7. The summed E-state index contributed by atoms with van der Waals surface area (Å²) in [5.74, 6) is -0.270. The van der Waals surface area contributed by atoms with Crippen molar-refractivity contribution in [2.75, 3.05) is 6.61 Å². The van der Waals surface area contributed by atoms with Crippen molar-refractivity contribution in [3.63, 3.8) is 0 Å². The molecule has 0 bridgehead atoms. The van der Waals surface area contributed by atoms with Gasteiger partial charge in [-0.1, -0.05) is 18.2 Å². The quantitative estimate of drug-likeness (QED) is 0.796. The molecule has 2 unspecified atom stereocenters. The summed E-state index contributed by atoms with van der Waals surface area (Å²) in [5.41, 5.74) is 7.67. The van der Waals surface area contributed by atoms with Crippen LogP contribution < -0.4 is 5.73 Å². The monoisotopic (exact) mass is 288 g/mol. The lowest BCUT2D eigenvalue weighted by Crippen LogP contribution is -2.28. The van der Waals surface area contributed by atoms with Gasteiger partial charge in [0.2, 0.25) is 0 Å². The van der Waals surface area contributed by atoms with E-state index >= 15 is 0 Å². The summed E-state index contributed by atoms with van der Waals surface area (Å²) in [7, 11) is 0. The molecule has 2 atom stereocenters. The Morgan fingerprint density at radius 3 is 2.57 bits per heavy atom. The Hall–Kier alpha value is -1.78. The fourth-order valence-electron chi connectivity index (χ4n) is 2.27. The van der Waals surface area contributed by atoms with Crippen molar-refractivity contribution in [2.24, 2.45) is 5.73 Å². The predicted octanol–water partition coefficient (Wildman–Crippen LogP) is 3.26. The Bertz CT molecular complexity index is 545. The molecule has 1 aromatic heterocycles. The highest BCUT2D eigenvalue weighted by Crippen LogP contribution is 2.23. The van der Waals surface area contributed by atoms with Gasteiger partial charge in [0.25, 0.3) is 0 Å². The number of halogens is 1. The highest BCUT2D eigenvalue weighted by Gasteiger charge is 2.19. The lowest BCUT2D eigenvalue weighted by atomic mass is 10.0. The van der Waals surface area contributed by atoms with Crippen LogP contribution in [0.3, 0.4) is 0 Å². The molecular formula is C17H21FN2O. The summed E-state index contributed by atoms with van der Waals surface area (Å²) in [6, 6.07) is 10.3. The molecule has 0 aliphatic rings. The SMILES string of the molecule is CC(N)C(OCCCc1ccncc1)c1ccccc1F. The number of nitrogens with zero attached hydrogens (tertiary/aromatic N) is 1. The Kier molecular flexibility index (Phi) is 5.84. The zero-order valence-electron chi connectivity index (χ0n) is 12.2. The fraction of sp³-hybridized carbons (Fsp3) is 0.353. The Morgan fingerprint density at radius 2 is 1.90 bits per heavy atom. The number of ether oxygens (including phenoxy) is 1. The maximum Gasteiger partial charge on any atom is 0.129 e. The van der Waals surface area contributed by atoms with Crippen LogP contribution in [0.25, 0.3) is 0 Å². The highest BCUT2D eigenvalue weighted by molar-refractivity contribution is 5.21. The first kappa shape index (κ1) is 15.6.